The van der Waals surface area contributed by atoms with E-state index in [1.54, 1.807) is 7.11 Å². The first-order valence-corrected chi connectivity index (χ1v) is 8.30. The van der Waals surface area contributed by atoms with Crippen LogP contribution in [0.5, 0.6) is 11.5 Å². The van der Waals surface area contributed by atoms with Crippen molar-refractivity contribution in [3.8, 4) is 11.5 Å². The van der Waals surface area contributed by atoms with Crippen LogP contribution in [0, 0.1) is 11.8 Å². The molecule has 1 aliphatic heterocycles. The van der Waals surface area contributed by atoms with E-state index in [4.69, 9.17) is 19.9 Å². The summed E-state index contributed by atoms with van der Waals surface area (Å²) in [7, 11) is 3.10. The summed E-state index contributed by atoms with van der Waals surface area (Å²) in [6, 6.07) is 5.76. The third kappa shape index (κ3) is 3.29. The molecular weight excluding hydrogens is 294 g/mol. The maximum atomic E-state index is 11.8. The third-order valence-corrected chi connectivity index (χ3v) is 5.16. The molecule has 0 saturated heterocycles. The van der Waals surface area contributed by atoms with Gasteiger partial charge in [0.05, 0.1) is 20.1 Å². The molecule has 126 valence electrons. The largest absolute Gasteiger partial charge is 0.497 e. The Morgan fingerprint density at radius 1 is 1.26 bits per heavy atom. The number of ether oxygens (including phenoxy) is 3. The van der Waals surface area contributed by atoms with Gasteiger partial charge in [0, 0.05) is 24.1 Å². The van der Waals surface area contributed by atoms with Gasteiger partial charge >= 0.3 is 5.97 Å². The van der Waals surface area contributed by atoms with E-state index in [0.717, 1.165) is 49.2 Å². The molecule has 2 aliphatic rings. The predicted octanol–water partition coefficient (Wildman–Crippen LogP) is 2.83. The van der Waals surface area contributed by atoms with Gasteiger partial charge in [-0.3, -0.25) is 4.79 Å². The normalized spacial score (nSPS) is 30.0. The highest BCUT2D eigenvalue weighted by Crippen LogP contribution is 2.42. The van der Waals surface area contributed by atoms with Gasteiger partial charge < -0.3 is 19.9 Å². The molecule has 1 aromatic carbocycles. The van der Waals surface area contributed by atoms with E-state index < -0.39 is 0 Å². The Hall–Kier alpha value is -1.75. The number of fused-ring (bicyclic) bond motifs is 1. The quantitative estimate of drug-likeness (QED) is 0.868. The van der Waals surface area contributed by atoms with Gasteiger partial charge in [-0.2, -0.15) is 0 Å². The summed E-state index contributed by atoms with van der Waals surface area (Å²) in [6.07, 6.45) is 4.68. The second-order valence-electron chi connectivity index (χ2n) is 6.55. The second-order valence-corrected chi connectivity index (χ2v) is 6.55. The van der Waals surface area contributed by atoms with E-state index in [0.29, 0.717) is 5.92 Å². The lowest BCUT2D eigenvalue weighted by atomic mass is 9.76. The van der Waals surface area contributed by atoms with Gasteiger partial charge in [-0.05, 0) is 31.2 Å². The van der Waals surface area contributed by atoms with Crippen molar-refractivity contribution >= 4 is 5.97 Å². The number of carbonyl (C=O) groups excluding carboxylic acids is 1. The molecular formula is C18H25NO4. The van der Waals surface area contributed by atoms with E-state index in [9.17, 15) is 4.79 Å². The van der Waals surface area contributed by atoms with Crippen molar-refractivity contribution < 1.29 is 19.0 Å². The molecule has 5 heteroatoms. The first-order chi connectivity index (χ1) is 11.1. The number of nitrogens with two attached hydrogens (primary N) is 1. The molecule has 0 spiro atoms. The fraction of sp³-hybridized carbons (Fsp3) is 0.611. The molecule has 0 bridgehead atoms. The Labute approximate surface area is 137 Å². The molecule has 1 fully saturated rings. The average molecular weight is 319 g/mol. The lowest BCUT2D eigenvalue weighted by Gasteiger charge is -2.38. The highest BCUT2D eigenvalue weighted by molar-refractivity contribution is 5.72. The molecule has 2 unspecified atom stereocenters. The molecule has 4 atom stereocenters. The van der Waals surface area contributed by atoms with Crippen molar-refractivity contribution in [2.24, 2.45) is 17.6 Å². The highest BCUT2D eigenvalue weighted by atomic mass is 16.5. The van der Waals surface area contributed by atoms with E-state index >= 15 is 0 Å². The first kappa shape index (κ1) is 16.1. The minimum Gasteiger partial charge on any atom is -0.497 e. The van der Waals surface area contributed by atoms with Crippen molar-refractivity contribution in [1.82, 2.24) is 0 Å². The summed E-state index contributed by atoms with van der Waals surface area (Å²) in [6.45, 7) is 0. The zero-order valence-electron chi connectivity index (χ0n) is 13.8. The van der Waals surface area contributed by atoms with Crippen LogP contribution in [0.1, 0.15) is 43.7 Å². The van der Waals surface area contributed by atoms with E-state index in [1.807, 2.05) is 18.2 Å². The Balaban J connectivity index is 1.75. The second kappa shape index (κ2) is 6.79. The van der Waals surface area contributed by atoms with Gasteiger partial charge in [0.15, 0.2) is 0 Å². The van der Waals surface area contributed by atoms with Gasteiger partial charge in [0.2, 0.25) is 0 Å². The number of hydrogen-bond donors (Lipinski definition) is 1. The average Bonchev–Trinajstić information content (AvgIpc) is 2.60. The Kier molecular flexibility index (Phi) is 4.76. The van der Waals surface area contributed by atoms with Crippen molar-refractivity contribution in [3.05, 3.63) is 23.8 Å². The van der Waals surface area contributed by atoms with E-state index in [-0.39, 0.29) is 24.0 Å². The van der Waals surface area contributed by atoms with Crippen molar-refractivity contribution in [3.63, 3.8) is 0 Å². The van der Waals surface area contributed by atoms with Crippen LogP contribution >= 0.6 is 0 Å². The predicted molar refractivity (Wildman–Crippen MR) is 86.4 cm³/mol. The van der Waals surface area contributed by atoms with Crippen LogP contribution in [0.2, 0.25) is 0 Å². The van der Waals surface area contributed by atoms with Crippen LogP contribution in [-0.2, 0) is 9.53 Å². The molecule has 0 radical (unpaired) electrons. The topological polar surface area (TPSA) is 70.8 Å². The summed E-state index contributed by atoms with van der Waals surface area (Å²) in [5, 5.41) is 0. The van der Waals surface area contributed by atoms with Crippen LogP contribution in [0.4, 0.5) is 0 Å². The molecule has 3 rings (SSSR count). The molecule has 5 nitrogen and oxygen atoms in total. The first-order valence-electron chi connectivity index (χ1n) is 8.30. The smallest absolute Gasteiger partial charge is 0.308 e. The van der Waals surface area contributed by atoms with E-state index in [1.165, 1.54) is 7.11 Å². The van der Waals surface area contributed by atoms with Crippen LogP contribution in [0.3, 0.4) is 0 Å². The summed E-state index contributed by atoms with van der Waals surface area (Å²) in [4.78, 5) is 11.8. The van der Waals surface area contributed by atoms with Crippen molar-refractivity contribution in [2.75, 3.05) is 14.2 Å². The van der Waals surface area contributed by atoms with Crippen molar-refractivity contribution in [2.45, 2.75) is 44.2 Å². The maximum Gasteiger partial charge on any atom is 0.308 e. The van der Waals surface area contributed by atoms with E-state index in [2.05, 4.69) is 0 Å². The molecule has 23 heavy (non-hydrogen) atoms. The number of hydrogen-bond acceptors (Lipinski definition) is 5. The van der Waals surface area contributed by atoms with Gasteiger partial charge in [-0.15, -0.1) is 0 Å². The molecule has 1 saturated carbocycles. The fourth-order valence-corrected chi connectivity index (χ4v) is 3.87. The van der Waals surface area contributed by atoms with Crippen LogP contribution in [0.15, 0.2) is 18.2 Å². The fourth-order valence-electron chi connectivity index (χ4n) is 3.87. The SMILES string of the molecule is COC(=O)C1CCCC([C@H]2C[C@@H](N)c3ccc(OC)cc3O2)C1. The standard InChI is InChI=1S/C18H25NO4/c1-21-13-6-7-14-15(19)10-16(23-17(14)9-13)11-4-3-5-12(8-11)18(20)22-2/h6-7,9,11-12,15-16H,3-5,8,10,19H2,1-2H3/t11?,12?,15-,16-/m1/s1. The summed E-state index contributed by atoms with van der Waals surface area (Å²) in [5.41, 5.74) is 7.37. The van der Waals surface area contributed by atoms with Gasteiger partial charge in [-0.1, -0.05) is 12.5 Å². The lowest BCUT2D eigenvalue weighted by Crippen LogP contribution is -2.38. The molecule has 1 aliphatic carbocycles. The minimum absolute atomic E-state index is 0.00900. The zero-order chi connectivity index (χ0) is 16.4. The number of rotatable bonds is 3. The minimum atomic E-state index is -0.100. The lowest BCUT2D eigenvalue weighted by molar-refractivity contribution is -0.147. The van der Waals surface area contributed by atoms with Crippen LogP contribution in [0.25, 0.3) is 0 Å². The molecule has 0 amide bonds. The van der Waals surface area contributed by atoms with Crippen LogP contribution in [-0.4, -0.2) is 26.3 Å². The number of methoxy groups -OCH3 is 2. The molecule has 1 aromatic rings. The molecule has 2 N–H and O–H groups in total. The Morgan fingerprint density at radius 3 is 2.83 bits per heavy atom. The van der Waals surface area contributed by atoms with Gasteiger partial charge in [-0.25, -0.2) is 0 Å². The summed E-state index contributed by atoms with van der Waals surface area (Å²) >= 11 is 0. The van der Waals surface area contributed by atoms with Crippen LogP contribution < -0.4 is 15.2 Å². The van der Waals surface area contributed by atoms with Crippen molar-refractivity contribution in [1.29, 1.82) is 0 Å². The van der Waals surface area contributed by atoms with Gasteiger partial charge in [0.1, 0.15) is 17.6 Å². The highest BCUT2D eigenvalue weighted by Gasteiger charge is 2.37. The van der Waals surface area contributed by atoms with Gasteiger partial charge in [0.25, 0.3) is 0 Å². The molecule has 1 heterocycles. The number of benzene rings is 1. The Bertz CT molecular complexity index is 574. The maximum absolute atomic E-state index is 11.8. The summed E-state index contributed by atoms with van der Waals surface area (Å²) < 4.78 is 16.4. The third-order valence-electron chi connectivity index (χ3n) is 5.16. The number of carbonyl (C=O) groups is 1. The number of esters is 1. The monoisotopic (exact) mass is 319 g/mol. The summed E-state index contributed by atoms with van der Waals surface area (Å²) in [5.74, 6) is 1.82. The Morgan fingerprint density at radius 2 is 2.09 bits per heavy atom. The molecule has 0 aromatic heterocycles. The zero-order valence-corrected chi connectivity index (χ0v) is 13.8.